The minimum Gasteiger partial charge on any atom is -0.490 e. The van der Waals surface area contributed by atoms with Crippen LogP contribution in [-0.2, 0) is 20.9 Å². The highest BCUT2D eigenvalue weighted by Crippen LogP contribution is 2.30. The number of rotatable bonds is 11. The van der Waals surface area contributed by atoms with Gasteiger partial charge in [-0.15, -0.1) is 0 Å². The standard InChI is InChI=1S/C25H25ClN2O8/c1-3-9-35-20-8-6-16(12-21(20)34-4-2)13-28-24(32)17(23(31)27-25(28)33)10-15-5-7-19(18(26)11-15)36-14-22(29)30/h5-8,10-12H,3-4,9,13-14H2,1-2H3,(H,29,30)(H,27,31,33)/b17-10+. The Morgan fingerprint density at radius 2 is 1.78 bits per heavy atom. The molecule has 4 amide bonds. The fourth-order valence-electron chi connectivity index (χ4n) is 3.30. The van der Waals surface area contributed by atoms with Crippen LogP contribution in [0.25, 0.3) is 6.08 Å². The van der Waals surface area contributed by atoms with E-state index in [-0.39, 0.29) is 22.9 Å². The number of hydrogen-bond donors (Lipinski definition) is 2. The zero-order valence-electron chi connectivity index (χ0n) is 19.7. The van der Waals surface area contributed by atoms with Crippen molar-refractivity contribution in [3.8, 4) is 17.2 Å². The van der Waals surface area contributed by atoms with Crippen LogP contribution in [0.3, 0.4) is 0 Å². The van der Waals surface area contributed by atoms with Crippen LogP contribution in [0.1, 0.15) is 31.4 Å². The molecule has 36 heavy (non-hydrogen) atoms. The molecule has 0 saturated carbocycles. The fourth-order valence-corrected chi connectivity index (χ4v) is 3.54. The molecule has 3 rings (SSSR count). The van der Waals surface area contributed by atoms with Gasteiger partial charge in [-0.3, -0.25) is 19.8 Å². The molecule has 1 fully saturated rings. The Bertz CT molecular complexity index is 1210. The van der Waals surface area contributed by atoms with Gasteiger partial charge in [-0.1, -0.05) is 30.7 Å². The number of carbonyl (C=O) groups is 4. The van der Waals surface area contributed by atoms with E-state index in [1.807, 2.05) is 13.8 Å². The van der Waals surface area contributed by atoms with Crippen molar-refractivity contribution in [1.82, 2.24) is 10.2 Å². The molecule has 0 aromatic heterocycles. The van der Waals surface area contributed by atoms with Crippen LogP contribution in [0.15, 0.2) is 42.0 Å². The Hall–Kier alpha value is -4.05. The normalized spacial score (nSPS) is 14.6. The summed E-state index contributed by atoms with van der Waals surface area (Å²) in [5.74, 6) is -1.62. The number of benzene rings is 2. The molecule has 1 aliphatic rings. The number of carboxylic acid groups (broad SMARTS) is 1. The number of ether oxygens (including phenoxy) is 3. The third-order valence-electron chi connectivity index (χ3n) is 4.91. The quantitative estimate of drug-likeness (QED) is 0.342. The third kappa shape index (κ3) is 6.54. The molecule has 11 heteroatoms. The van der Waals surface area contributed by atoms with Gasteiger partial charge < -0.3 is 19.3 Å². The summed E-state index contributed by atoms with van der Waals surface area (Å²) in [4.78, 5) is 49.6. The molecule has 2 aromatic carbocycles. The highest BCUT2D eigenvalue weighted by molar-refractivity contribution is 6.33. The second kappa shape index (κ2) is 12.1. The van der Waals surface area contributed by atoms with Gasteiger partial charge in [0.15, 0.2) is 18.1 Å². The predicted molar refractivity (Wildman–Crippen MR) is 130 cm³/mol. The van der Waals surface area contributed by atoms with Gasteiger partial charge in [-0.2, -0.15) is 0 Å². The molecule has 1 heterocycles. The number of carboxylic acids is 1. The maximum Gasteiger partial charge on any atom is 0.341 e. The molecule has 1 saturated heterocycles. The number of nitrogens with zero attached hydrogens (tertiary/aromatic N) is 1. The van der Waals surface area contributed by atoms with Gasteiger partial charge in [-0.05, 0) is 54.8 Å². The highest BCUT2D eigenvalue weighted by atomic mass is 35.5. The van der Waals surface area contributed by atoms with Gasteiger partial charge in [0.2, 0.25) is 0 Å². The molecule has 2 aromatic rings. The van der Waals surface area contributed by atoms with E-state index in [1.165, 1.54) is 24.3 Å². The lowest BCUT2D eigenvalue weighted by Gasteiger charge is -2.26. The molecule has 0 atom stereocenters. The summed E-state index contributed by atoms with van der Waals surface area (Å²) in [5.41, 5.74) is 0.715. The van der Waals surface area contributed by atoms with Gasteiger partial charge in [-0.25, -0.2) is 9.59 Å². The lowest BCUT2D eigenvalue weighted by atomic mass is 10.1. The number of urea groups is 1. The first-order valence-corrected chi connectivity index (χ1v) is 11.5. The SMILES string of the molecule is CCCOc1ccc(CN2C(=O)NC(=O)/C(=C\c3ccc(OCC(=O)O)c(Cl)c3)C2=O)cc1OCC. The van der Waals surface area contributed by atoms with Crippen molar-refractivity contribution in [3.05, 3.63) is 58.1 Å². The maximum atomic E-state index is 13.1. The van der Waals surface area contributed by atoms with Crippen LogP contribution < -0.4 is 19.5 Å². The second-order valence-corrected chi connectivity index (χ2v) is 8.05. The van der Waals surface area contributed by atoms with Crippen LogP contribution in [0.4, 0.5) is 4.79 Å². The van der Waals surface area contributed by atoms with E-state index >= 15 is 0 Å². The molecular formula is C25H25ClN2O8. The zero-order chi connectivity index (χ0) is 26.2. The first kappa shape index (κ1) is 26.6. The van der Waals surface area contributed by atoms with E-state index in [2.05, 4.69) is 5.32 Å². The number of halogens is 1. The molecule has 0 bridgehead atoms. The third-order valence-corrected chi connectivity index (χ3v) is 5.21. The first-order chi connectivity index (χ1) is 17.2. The molecule has 10 nitrogen and oxygen atoms in total. The summed E-state index contributed by atoms with van der Waals surface area (Å²) in [5, 5.41) is 11.0. The predicted octanol–water partition coefficient (Wildman–Crippen LogP) is 3.65. The molecule has 190 valence electrons. The van der Waals surface area contributed by atoms with Gasteiger partial charge in [0.1, 0.15) is 11.3 Å². The van der Waals surface area contributed by atoms with Crippen molar-refractivity contribution in [2.75, 3.05) is 19.8 Å². The maximum absolute atomic E-state index is 13.1. The van der Waals surface area contributed by atoms with Gasteiger partial charge >= 0.3 is 12.0 Å². The van der Waals surface area contributed by atoms with Crippen molar-refractivity contribution in [2.24, 2.45) is 0 Å². The van der Waals surface area contributed by atoms with Crippen LogP contribution >= 0.6 is 11.6 Å². The smallest absolute Gasteiger partial charge is 0.341 e. The molecule has 0 spiro atoms. The van der Waals surface area contributed by atoms with E-state index in [4.69, 9.17) is 30.9 Å². The zero-order valence-corrected chi connectivity index (χ0v) is 20.5. The first-order valence-electron chi connectivity index (χ1n) is 11.1. The van der Waals surface area contributed by atoms with Crippen molar-refractivity contribution in [1.29, 1.82) is 0 Å². The van der Waals surface area contributed by atoms with Crippen molar-refractivity contribution >= 4 is 41.5 Å². The number of aliphatic carboxylic acids is 1. The number of imide groups is 2. The van der Waals surface area contributed by atoms with E-state index in [9.17, 15) is 19.2 Å². The summed E-state index contributed by atoms with van der Waals surface area (Å²) < 4.78 is 16.4. The Labute approximate surface area is 212 Å². The number of hydrogen-bond acceptors (Lipinski definition) is 7. The second-order valence-electron chi connectivity index (χ2n) is 7.64. The van der Waals surface area contributed by atoms with Gasteiger partial charge in [0, 0.05) is 0 Å². The lowest BCUT2D eigenvalue weighted by molar-refractivity contribution is -0.139. The van der Waals surface area contributed by atoms with E-state index in [0.29, 0.717) is 35.8 Å². The van der Waals surface area contributed by atoms with Crippen LogP contribution in [0.5, 0.6) is 17.2 Å². The number of amides is 4. The van der Waals surface area contributed by atoms with E-state index < -0.39 is 30.4 Å². The van der Waals surface area contributed by atoms with Crippen molar-refractivity contribution in [3.63, 3.8) is 0 Å². The summed E-state index contributed by atoms with van der Waals surface area (Å²) in [6.45, 7) is 4.05. The monoisotopic (exact) mass is 516 g/mol. The lowest BCUT2D eigenvalue weighted by Crippen LogP contribution is -2.53. The molecule has 1 aliphatic heterocycles. The molecule has 0 aliphatic carbocycles. The van der Waals surface area contributed by atoms with Crippen molar-refractivity contribution < 1.29 is 38.5 Å². The van der Waals surface area contributed by atoms with E-state index in [1.54, 1.807) is 18.2 Å². The van der Waals surface area contributed by atoms with Crippen LogP contribution in [0.2, 0.25) is 5.02 Å². The number of carbonyl (C=O) groups excluding carboxylic acids is 3. The summed E-state index contributed by atoms with van der Waals surface area (Å²) >= 11 is 6.13. The van der Waals surface area contributed by atoms with E-state index in [0.717, 1.165) is 11.3 Å². The summed E-state index contributed by atoms with van der Waals surface area (Å²) in [6, 6.07) is 8.59. The molecule has 0 radical (unpaired) electrons. The van der Waals surface area contributed by atoms with Gasteiger partial charge in [0.25, 0.3) is 11.8 Å². The summed E-state index contributed by atoms with van der Waals surface area (Å²) in [6.07, 6.45) is 2.11. The largest absolute Gasteiger partial charge is 0.490 e. The Kier molecular flexibility index (Phi) is 8.91. The topological polar surface area (TPSA) is 131 Å². The van der Waals surface area contributed by atoms with Crippen LogP contribution in [0, 0.1) is 0 Å². The minimum atomic E-state index is -1.16. The Balaban J connectivity index is 1.83. The average Bonchev–Trinajstić information content (AvgIpc) is 2.83. The Morgan fingerprint density at radius 3 is 2.44 bits per heavy atom. The molecular weight excluding hydrogens is 492 g/mol. The Morgan fingerprint density at radius 1 is 1.03 bits per heavy atom. The minimum absolute atomic E-state index is 0.0936. The molecule has 0 unspecified atom stereocenters. The average molecular weight is 517 g/mol. The number of barbiturate groups is 1. The number of nitrogens with one attached hydrogen (secondary N) is 1. The fraction of sp³-hybridized carbons (Fsp3) is 0.280. The summed E-state index contributed by atoms with van der Waals surface area (Å²) in [7, 11) is 0. The molecule has 2 N–H and O–H groups in total. The van der Waals surface area contributed by atoms with Gasteiger partial charge in [0.05, 0.1) is 24.8 Å². The van der Waals surface area contributed by atoms with Crippen molar-refractivity contribution in [2.45, 2.75) is 26.8 Å². The highest BCUT2D eigenvalue weighted by Gasteiger charge is 2.35. The van der Waals surface area contributed by atoms with Crippen LogP contribution in [-0.4, -0.2) is 53.6 Å².